The number of methoxy groups -OCH3 is 1. The SMILES string of the molecule is COc1cc(C2c3c(-c4cc(C)c(C)cc4O)n[nH]c3C(=O)N2C2CCS(=O)(=O)C2)ccc1OCc1ccccc1. The molecule has 4 aromatic rings. The summed E-state index contributed by atoms with van der Waals surface area (Å²) in [6, 6.07) is 17.7. The molecule has 212 valence electrons. The number of amides is 1. The van der Waals surface area contributed by atoms with Gasteiger partial charge in [0.1, 0.15) is 23.7 Å². The maximum Gasteiger partial charge on any atom is 0.273 e. The number of nitrogens with zero attached hydrogens (tertiary/aromatic N) is 2. The first-order chi connectivity index (χ1) is 19.7. The third-order valence-corrected chi connectivity index (χ3v) is 9.76. The summed E-state index contributed by atoms with van der Waals surface area (Å²) in [6.45, 7) is 4.21. The number of carbonyl (C=O) groups excluding carboxylic acids is 1. The Kier molecular flexibility index (Phi) is 6.73. The van der Waals surface area contributed by atoms with Crippen LogP contribution in [0.4, 0.5) is 0 Å². The summed E-state index contributed by atoms with van der Waals surface area (Å²) < 4.78 is 36.7. The summed E-state index contributed by atoms with van der Waals surface area (Å²) in [4.78, 5) is 15.5. The first-order valence-electron chi connectivity index (χ1n) is 13.4. The summed E-state index contributed by atoms with van der Waals surface area (Å²) in [7, 11) is -1.72. The lowest BCUT2D eigenvalue weighted by Gasteiger charge is -2.31. The van der Waals surface area contributed by atoms with E-state index in [1.54, 1.807) is 24.1 Å². The molecule has 3 heterocycles. The van der Waals surface area contributed by atoms with E-state index in [0.29, 0.717) is 41.3 Å². The number of rotatable bonds is 7. The largest absolute Gasteiger partial charge is 0.507 e. The van der Waals surface area contributed by atoms with Gasteiger partial charge in [-0.15, -0.1) is 0 Å². The Bertz CT molecular complexity index is 1750. The van der Waals surface area contributed by atoms with E-state index in [1.807, 2.05) is 62.4 Å². The van der Waals surface area contributed by atoms with Crippen LogP contribution in [-0.2, 0) is 16.4 Å². The second kappa shape index (κ2) is 10.3. The number of aromatic nitrogens is 2. The molecular weight excluding hydrogens is 542 g/mol. The molecule has 2 unspecified atom stereocenters. The fourth-order valence-electron chi connectivity index (χ4n) is 5.77. The van der Waals surface area contributed by atoms with Crippen molar-refractivity contribution < 1.29 is 27.8 Å². The van der Waals surface area contributed by atoms with Crippen molar-refractivity contribution in [1.82, 2.24) is 15.1 Å². The number of fused-ring (bicyclic) bond motifs is 1. The lowest BCUT2D eigenvalue weighted by molar-refractivity contribution is 0.0677. The minimum atomic E-state index is -3.27. The third-order valence-electron chi connectivity index (χ3n) is 8.01. The average Bonchev–Trinajstić information content (AvgIpc) is 3.63. The van der Waals surface area contributed by atoms with Crippen molar-refractivity contribution >= 4 is 15.7 Å². The van der Waals surface area contributed by atoms with Gasteiger partial charge in [0, 0.05) is 17.2 Å². The number of benzene rings is 3. The topological polar surface area (TPSA) is 122 Å². The highest BCUT2D eigenvalue weighted by Gasteiger charge is 2.48. The maximum atomic E-state index is 13.9. The van der Waals surface area contributed by atoms with E-state index >= 15 is 0 Å². The molecule has 1 amide bonds. The number of nitrogens with one attached hydrogen (secondary N) is 1. The highest BCUT2D eigenvalue weighted by atomic mass is 32.2. The molecule has 0 spiro atoms. The Hall–Kier alpha value is -4.31. The van der Waals surface area contributed by atoms with Gasteiger partial charge in [0.05, 0.1) is 24.7 Å². The Balaban J connectivity index is 1.45. The van der Waals surface area contributed by atoms with Gasteiger partial charge >= 0.3 is 0 Å². The van der Waals surface area contributed by atoms with Crippen molar-refractivity contribution in [2.75, 3.05) is 18.6 Å². The summed E-state index contributed by atoms with van der Waals surface area (Å²) in [5.41, 5.74) is 5.46. The van der Waals surface area contributed by atoms with Crippen LogP contribution in [0.1, 0.15) is 50.8 Å². The van der Waals surface area contributed by atoms with Crippen LogP contribution in [0.15, 0.2) is 60.7 Å². The molecular formula is C31H31N3O6S. The molecule has 1 aromatic heterocycles. The van der Waals surface area contributed by atoms with Gasteiger partial charge in [-0.25, -0.2) is 8.42 Å². The zero-order valence-corrected chi connectivity index (χ0v) is 23.9. The number of hydrogen-bond donors (Lipinski definition) is 2. The first-order valence-corrected chi connectivity index (χ1v) is 15.3. The number of H-pyrrole nitrogens is 1. The summed E-state index contributed by atoms with van der Waals surface area (Å²) in [6.07, 6.45) is 0.349. The zero-order chi connectivity index (χ0) is 28.9. The van der Waals surface area contributed by atoms with E-state index in [1.165, 1.54) is 0 Å². The van der Waals surface area contributed by atoms with Gasteiger partial charge in [0.15, 0.2) is 21.3 Å². The quantitative estimate of drug-likeness (QED) is 0.328. The predicted molar refractivity (Wildman–Crippen MR) is 154 cm³/mol. The minimum Gasteiger partial charge on any atom is -0.507 e. The van der Waals surface area contributed by atoms with Crippen LogP contribution >= 0.6 is 0 Å². The second-order valence-corrected chi connectivity index (χ2v) is 12.9. The van der Waals surface area contributed by atoms with Crippen LogP contribution in [0.2, 0.25) is 0 Å². The van der Waals surface area contributed by atoms with E-state index in [4.69, 9.17) is 9.47 Å². The number of ether oxygens (including phenoxy) is 2. The number of hydrogen-bond acceptors (Lipinski definition) is 7. The maximum absolute atomic E-state index is 13.9. The van der Waals surface area contributed by atoms with Gasteiger partial charge in [-0.05, 0) is 66.8 Å². The molecule has 2 N–H and O–H groups in total. The number of aromatic hydroxyl groups is 1. The monoisotopic (exact) mass is 573 g/mol. The Morgan fingerprint density at radius 2 is 1.80 bits per heavy atom. The van der Waals surface area contributed by atoms with Gasteiger partial charge in [0.2, 0.25) is 0 Å². The summed E-state index contributed by atoms with van der Waals surface area (Å²) >= 11 is 0. The van der Waals surface area contributed by atoms with Gasteiger partial charge in [-0.2, -0.15) is 5.10 Å². The molecule has 2 aliphatic rings. The molecule has 10 heteroatoms. The smallest absolute Gasteiger partial charge is 0.273 e. The minimum absolute atomic E-state index is 0.0285. The standard InChI is InChI=1S/C31H31N3O6S/c1-18-13-23(24(35)14-19(18)2)28-27-29(33-32-28)31(36)34(22-11-12-41(37,38)17-22)30(27)21-9-10-25(26(15-21)39-3)40-16-20-7-5-4-6-8-20/h4-10,13-15,22,30,35H,11-12,16-17H2,1-3H3,(H,32,33). The number of carbonyl (C=O) groups is 1. The highest BCUT2D eigenvalue weighted by molar-refractivity contribution is 7.91. The fraction of sp³-hybridized carbons (Fsp3) is 0.290. The number of aromatic amines is 1. The lowest BCUT2D eigenvalue weighted by atomic mass is 9.93. The van der Waals surface area contributed by atoms with E-state index in [0.717, 1.165) is 22.3 Å². The van der Waals surface area contributed by atoms with Crippen molar-refractivity contribution in [1.29, 1.82) is 0 Å². The van der Waals surface area contributed by atoms with E-state index in [2.05, 4.69) is 10.2 Å². The van der Waals surface area contributed by atoms with E-state index < -0.39 is 21.9 Å². The number of sulfone groups is 1. The Morgan fingerprint density at radius 1 is 1.05 bits per heavy atom. The van der Waals surface area contributed by atoms with E-state index in [-0.39, 0.29) is 28.9 Å². The molecule has 6 rings (SSSR count). The normalized spacial score (nSPS) is 19.4. The number of phenols is 1. The molecule has 3 aromatic carbocycles. The third kappa shape index (κ3) is 4.82. The average molecular weight is 574 g/mol. The molecule has 2 aliphatic heterocycles. The molecule has 0 bridgehead atoms. The zero-order valence-electron chi connectivity index (χ0n) is 23.0. The Morgan fingerprint density at radius 3 is 2.51 bits per heavy atom. The Labute approximate surface area is 238 Å². The fourth-order valence-corrected chi connectivity index (χ4v) is 7.48. The number of aryl methyl sites for hydroxylation is 2. The van der Waals surface area contributed by atoms with Crippen molar-refractivity contribution in [3.63, 3.8) is 0 Å². The molecule has 9 nitrogen and oxygen atoms in total. The van der Waals surface area contributed by atoms with Gasteiger partial charge < -0.3 is 19.5 Å². The lowest BCUT2D eigenvalue weighted by Crippen LogP contribution is -2.40. The van der Waals surface area contributed by atoms with Crippen molar-refractivity contribution in [2.24, 2.45) is 0 Å². The van der Waals surface area contributed by atoms with Crippen LogP contribution < -0.4 is 9.47 Å². The van der Waals surface area contributed by atoms with Crippen LogP contribution in [0.3, 0.4) is 0 Å². The van der Waals surface area contributed by atoms with Crippen molar-refractivity contribution in [2.45, 2.75) is 39.0 Å². The van der Waals surface area contributed by atoms with Crippen LogP contribution in [0.25, 0.3) is 11.3 Å². The van der Waals surface area contributed by atoms with E-state index in [9.17, 15) is 18.3 Å². The molecule has 0 aliphatic carbocycles. The van der Waals surface area contributed by atoms with Gasteiger partial charge in [-0.1, -0.05) is 36.4 Å². The molecule has 1 fully saturated rings. The molecule has 0 saturated carbocycles. The summed E-state index contributed by atoms with van der Waals surface area (Å²) in [5.74, 6) is 0.680. The molecule has 0 radical (unpaired) electrons. The van der Waals surface area contributed by atoms with Crippen molar-refractivity contribution in [3.05, 3.63) is 94.2 Å². The number of phenolic OH excluding ortho intramolecular Hbond substituents is 1. The highest BCUT2D eigenvalue weighted by Crippen LogP contribution is 2.48. The second-order valence-electron chi connectivity index (χ2n) is 10.7. The van der Waals surface area contributed by atoms with Crippen LogP contribution in [-0.4, -0.2) is 59.2 Å². The molecule has 41 heavy (non-hydrogen) atoms. The predicted octanol–water partition coefficient (Wildman–Crippen LogP) is 4.72. The summed E-state index contributed by atoms with van der Waals surface area (Å²) in [5, 5.41) is 18.3. The van der Waals surface area contributed by atoms with Crippen molar-refractivity contribution in [3.8, 4) is 28.5 Å². The van der Waals surface area contributed by atoms with Gasteiger partial charge in [0.25, 0.3) is 5.91 Å². The first kappa shape index (κ1) is 26.9. The van der Waals surface area contributed by atoms with Crippen LogP contribution in [0.5, 0.6) is 17.2 Å². The molecule has 2 atom stereocenters. The molecule has 1 saturated heterocycles. The van der Waals surface area contributed by atoms with Crippen LogP contribution in [0, 0.1) is 13.8 Å². The van der Waals surface area contributed by atoms with Gasteiger partial charge in [-0.3, -0.25) is 9.89 Å².